The molecule has 0 radical (unpaired) electrons. The van der Waals surface area contributed by atoms with Gasteiger partial charge in [-0.1, -0.05) is 56.3 Å². The fourth-order valence-electron chi connectivity index (χ4n) is 2.91. The number of benzene rings is 2. The van der Waals surface area contributed by atoms with Gasteiger partial charge in [0.25, 0.3) is 10.0 Å². The van der Waals surface area contributed by atoms with Crippen molar-refractivity contribution in [2.24, 2.45) is 0 Å². The number of halogens is 1. The fourth-order valence-corrected chi connectivity index (χ4v) is 6.13. The summed E-state index contributed by atoms with van der Waals surface area (Å²) in [5.74, 6) is -0.0205. The first-order valence-electron chi connectivity index (χ1n) is 9.47. The van der Waals surface area contributed by atoms with E-state index in [1.54, 1.807) is 6.07 Å². The largest absolute Gasteiger partial charge is 0.325 e. The summed E-state index contributed by atoms with van der Waals surface area (Å²) in [6.07, 6.45) is 0.239. The molecule has 1 amide bonds. The number of hydrogen-bond donors (Lipinski definition) is 2. The van der Waals surface area contributed by atoms with E-state index >= 15 is 0 Å². The van der Waals surface area contributed by atoms with Gasteiger partial charge in [-0.15, -0.1) is 11.3 Å². The molecule has 3 aromatic rings. The Bertz CT molecular complexity index is 1090. The van der Waals surface area contributed by atoms with Crippen LogP contribution in [-0.4, -0.2) is 20.4 Å². The lowest BCUT2D eigenvalue weighted by molar-refractivity contribution is -0.117. The second-order valence-electron chi connectivity index (χ2n) is 7.19. The Labute approximate surface area is 189 Å². The zero-order chi connectivity index (χ0) is 21.7. The summed E-state index contributed by atoms with van der Waals surface area (Å²) in [6, 6.07) is 19.1. The third-order valence-corrected chi connectivity index (χ3v) is 8.14. The number of sulfonamides is 1. The Balaban J connectivity index is 1.82. The number of rotatable bonds is 8. The summed E-state index contributed by atoms with van der Waals surface area (Å²) in [5.41, 5.74) is 2.65. The summed E-state index contributed by atoms with van der Waals surface area (Å²) in [5, 5.41) is 2.84. The van der Waals surface area contributed by atoms with Crippen LogP contribution in [0.2, 0.25) is 0 Å². The van der Waals surface area contributed by atoms with Crippen LogP contribution in [0.5, 0.6) is 0 Å². The lowest BCUT2D eigenvalue weighted by Crippen LogP contribution is -2.45. The molecule has 2 aromatic carbocycles. The van der Waals surface area contributed by atoms with Crippen LogP contribution >= 0.6 is 27.3 Å². The molecule has 0 aliphatic carbocycles. The summed E-state index contributed by atoms with van der Waals surface area (Å²) < 4.78 is 29.1. The van der Waals surface area contributed by atoms with Gasteiger partial charge in [0.05, 0.1) is 3.79 Å². The number of amides is 1. The predicted molar refractivity (Wildman–Crippen MR) is 125 cm³/mol. The minimum Gasteiger partial charge on any atom is -0.325 e. The van der Waals surface area contributed by atoms with Gasteiger partial charge in [-0.2, -0.15) is 4.72 Å². The van der Waals surface area contributed by atoms with Crippen LogP contribution in [0.3, 0.4) is 0 Å². The van der Waals surface area contributed by atoms with E-state index in [2.05, 4.69) is 39.8 Å². The van der Waals surface area contributed by atoms with Crippen LogP contribution in [0.4, 0.5) is 5.69 Å². The van der Waals surface area contributed by atoms with Gasteiger partial charge in [0.1, 0.15) is 10.3 Å². The van der Waals surface area contributed by atoms with Crippen molar-refractivity contribution < 1.29 is 13.2 Å². The monoisotopic (exact) mass is 506 g/mol. The van der Waals surface area contributed by atoms with E-state index in [4.69, 9.17) is 0 Å². The zero-order valence-corrected chi connectivity index (χ0v) is 19.9. The molecule has 3 rings (SSSR count). The minimum atomic E-state index is -3.84. The summed E-state index contributed by atoms with van der Waals surface area (Å²) in [7, 11) is -3.84. The third kappa shape index (κ3) is 6.01. The van der Waals surface area contributed by atoms with Crippen LogP contribution in [0, 0.1) is 0 Å². The van der Waals surface area contributed by atoms with E-state index in [1.807, 2.05) is 54.6 Å². The Hall–Kier alpha value is -2.00. The normalized spacial score (nSPS) is 12.7. The summed E-state index contributed by atoms with van der Waals surface area (Å²) in [4.78, 5) is 13.0. The van der Waals surface area contributed by atoms with Crippen molar-refractivity contribution in [3.63, 3.8) is 0 Å². The third-order valence-electron chi connectivity index (χ3n) is 4.55. The lowest BCUT2D eigenvalue weighted by Gasteiger charge is -2.18. The van der Waals surface area contributed by atoms with Crippen LogP contribution < -0.4 is 10.0 Å². The van der Waals surface area contributed by atoms with E-state index in [-0.39, 0.29) is 10.6 Å². The topological polar surface area (TPSA) is 75.3 Å². The first-order chi connectivity index (χ1) is 14.2. The predicted octanol–water partition coefficient (Wildman–Crippen LogP) is 5.16. The smallest absolute Gasteiger partial charge is 0.250 e. The molecule has 8 heteroatoms. The zero-order valence-electron chi connectivity index (χ0n) is 16.6. The van der Waals surface area contributed by atoms with Gasteiger partial charge in [0, 0.05) is 5.69 Å². The molecule has 2 N–H and O–H groups in total. The highest BCUT2D eigenvalue weighted by Crippen LogP contribution is 2.26. The van der Waals surface area contributed by atoms with E-state index in [0.29, 0.717) is 15.4 Å². The van der Waals surface area contributed by atoms with E-state index in [9.17, 15) is 13.2 Å². The van der Waals surface area contributed by atoms with Gasteiger partial charge in [-0.05, 0) is 63.7 Å². The van der Waals surface area contributed by atoms with Gasteiger partial charge in [0.15, 0.2) is 0 Å². The highest BCUT2D eigenvalue weighted by Gasteiger charge is 2.27. The molecule has 0 saturated carbocycles. The van der Waals surface area contributed by atoms with Gasteiger partial charge in [-0.3, -0.25) is 4.79 Å². The SMILES string of the molecule is CC(C)c1ccc(NC(=O)[C@H](Cc2ccccc2)NS(=O)(=O)c2ccc(Br)s2)cc1. The maximum absolute atomic E-state index is 13.0. The maximum atomic E-state index is 13.0. The van der Waals surface area contributed by atoms with Crippen molar-refractivity contribution in [1.29, 1.82) is 0 Å². The summed E-state index contributed by atoms with van der Waals surface area (Å²) in [6.45, 7) is 4.20. The van der Waals surface area contributed by atoms with Crippen molar-refractivity contribution in [3.8, 4) is 0 Å². The highest BCUT2D eigenvalue weighted by atomic mass is 79.9. The number of anilines is 1. The lowest BCUT2D eigenvalue weighted by atomic mass is 10.0. The molecule has 0 saturated heterocycles. The second-order valence-corrected chi connectivity index (χ2v) is 11.6. The molecular formula is C22H23BrN2O3S2. The Morgan fingerprint density at radius 1 is 1.00 bits per heavy atom. The molecule has 0 aliphatic rings. The van der Waals surface area contributed by atoms with Gasteiger partial charge < -0.3 is 5.32 Å². The van der Waals surface area contributed by atoms with Crippen molar-refractivity contribution in [1.82, 2.24) is 4.72 Å². The molecule has 158 valence electrons. The van der Waals surface area contributed by atoms with E-state index in [0.717, 1.165) is 22.5 Å². The molecule has 0 unspecified atom stereocenters. The maximum Gasteiger partial charge on any atom is 0.250 e. The van der Waals surface area contributed by atoms with Crippen molar-refractivity contribution >= 4 is 48.9 Å². The van der Waals surface area contributed by atoms with Crippen LogP contribution in [0.15, 0.2) is 74.7 Å². The molecule has 5 nitrogen and oxygen atoms in total. The Kier molecular flexibility index (Phi) is 7.46. The number of hydrogen-bond acceptors (Lipinski definition) is 4. The van der Waals surface area contributed by atoms with E-state index in [1.165, 1.54) is 6.07 Å². The molecule has 30 heavy (non-hydrogen) atoms. The number of thiophene rings is 1. The number of carbonyl (C=O) groups is 1. The Morgan fingerprint density at radius 2 is 1.67 bits per heavy atom. The highest BCUT2D eigenvalue weighted by molar-refractivity contribution is 9.11. The molecule has 0 spiro atoms. The standard InChI is InChI=1S/C22H23BrN2O3S2/c1-15(2)17-8-10-18(11-9-17)24-22(26)19(14-16-6-4-3-5-7-16)25-30(27,28)21-13-12-20(23)29-21/h3-13,15,19,25H,14H2,1-2H3,(H,24,26)/t19-/m0/s1. The fraction of sp³-hybridized carbons (Fsp3) is 0.227. The van der Waals surface area contributed by atoms with Crippen molar-refractivity contribution in [2.45, 2.75) is 36.4 Å². The van der Waals surface area contributed by atoms with Crippen molar-refractivity contribution in [2.75, 3.05) is 5.32 Å². The minimum absolute atomic E-state index is 0.154. The van der Waals surface area contributed by atoms with Crippen LogP contribution in [-0.2, 0) is 21.2 Å². The molecule has 0 bridgehead atoms. The number of carbonyl (C=O) groups excluding carboxylic acids is 1. The first-order valence-corrected chi connectivity index (χ1v) is 12.6. The Morgan fingerprint density at radius 3 is 2.23 bits per heavy atom. The van der Waals surface area contributed by atoms with Crippen LogP contribution in [0.25, 0.3) is 0 Å². The average Bonchev–Trinajstić information content (AvgIpc) is 3.16. The summed E-state index contributed by atoms with van der Waals surface area (Å²) >= 11 is 4.38. The van der Waals surface area contributed by atoms with Crippen molar-refractivity contribution in [3.05, 3.63) is 81.6 Å². The first kappa shape index (κ1) is 22.7. The molecule has 1 heterocycles. The van der Waals surface area contributed by atoms with Gasteiger partial charge >= 0.3 is 0 Å². The molecule has 0 fully saturated rings. The van der Waals surface area contributed by atoms with Crippen LogP contribution in [0.1, 0.15) is 30.9 Å². The van der Waals surface area contributed by atoms with E-state index < -0.39 is 22.0 Å². The van der Waals surface area contributed by atoms with Gasteiger partial charge in [0.2, 0.25) is 5.91 Å². The second kappa shape index (κ2) is 9.87. The molecule has 1 atom stereocenters. The number of nitrogens with one attached hydrogen (secondary N) is 2. The van der Waals surface area contributed by atoms with Gasteiger partial charge in [-0.25, -0.2) is 8.42 Å². The molecule has 0 aliphatic heterocycles. The quantitative estimate of drug-likeness (QED) is 0.442. The molecular weight excluding hydrogens is 484 g/mol. The average molecular weight is 507 g/mol. The molecule has 1 aromatic heterocycles.